The number of hydrogen-bond donors (Lipinski definition) is 3. The van der Waals surface area contributed by atoms with Crippen molar-refractivity contribution in [3.63, 3.8) is 0 Å². The highest BCUT2D eigenvalue weighted by Crippen LogP contribution is 2.12. The summed E-state index contributed by atoms with van der Waals surface area (Å²) in [6.07, 6.45) is 0. The number of nitro groups is 1. The lowest BCUT2D eigenvalue weighted by Crippen LogP contribution is -2.28. The van der Waals surface area contributed by atoms with Crippen LogP contribution in [0.15, 0.2) is 29.4 Å². The smallest absolute Gasteiger partial charge is 0.332 e. The number of amidine groups is 1. The SMILES string of the molecule is NC(=O)N/N=C(/N)c1cccc([N+](=O)[O-])c1. The van der Waals surface area contributed by atoms with Crippen LogP contribution in [0.2, 0.25) is 0 Å². The van der Waals surface area contributed by atoms with Gasteiger partial charge in [0.2, 0.25) is 0 Å². The Hall–Kier alpha value is -2.64. The number of non-ortho nitro benzene ring substituents is 1. The largest absolute Gasteiger partial charge is 0.382 e. The van der Waals surface area contributed by atoms with E-state index in [4.69, 9.17) is 11.5 Å². The number of urea groups is 1. The van der Waals surface area contributed by atoms with Crippen LogP contribution in [0.25, 0.3) is 0 Å². The summed E-state index contributed by atoms with van der Waals surface area (Å²) in [5, 5.41) is 13.9. The number of benzene rings is 1. The molecular formula is C8H9N5O3. The second kappa shape index (κ2) is 4.73. The highest BCUT2D eigenvalue weighted by atomic mass is 16.6. The van der Waals surface area contributed by atoms with E-state index in [1.54, 1.807) is 0 Å². The summed E-state index contributed by atoms with van der Waals surface area (Å²) in [6, 6.07) is 4.67. The molecule has 84 valence electrons. The first-order chi connectivity index (χ1) is 7.50. The van der Waals surface area contributed by atoms with E-state index in [-0.39, 0.29) is 11.5 Å². The molecule has 5 N–H and O–H groups in total. The molecule has 0 aromatic heterocycles. The molecule has 0 aliphatic heterocycles. The molecule has 1 aromatic rings. The summed E-state index contributed by atoms with van der Waals surface area (Å²) >= 11 is 0. The molecule has 0 radical (unpaired) electrons. The van der Waals surface area contributed by atoms with Crippen molar-refractivity contribution in [1.82, 2.24) is 5.43 Å². The molecule has 0 saturated carbocycles. The Bertz CT molecular complexity index is 457. The molecule has 16 heavy (non-hydrogen) atoms. The maximum Gasteiger partial charge on any atom is 0.332 e. The van der Waals surface area contributed by atoms with Crippen molar-refractivity contribution in [3.8, 4) is 0 Å². The number of amides is 2. The van der Waals surface area contributed by atoms with Crippen LogP contribution in [-0.2, 0) is 0 Å². The van der Waals surface area contributed by atoms with Gasteiger partial charge in [0, 0.05) is 17.7 Å². The van der Waals surface area contributed by atoms with Gasteiger partial charge in [-0.1, -0.05) is 12.1 Å². The lowest BCUT2D eigenvalue weighted by Gasteiger charge is -2.00. The van der Waals surface area contributed by atoms with E-state index in [1.807, 2.05) is 5.43 Å². The fraction of sp³-hybridized carbons (Fsp3) is 0. The van der Waals surface area contributed by atoms with E-state index in [2.05, 4.69) is 5.10 Å². The van der Waals surface area contributed by atoms with Gasteiger partial charge in [0.05, 0.1) is 4.92 Å². The third-order valence-electron chi connectivity index (χ3n) is 1.64. The van der Waals surface area contributed by atoms with Crippen molar-refractivity contribution in [1.29, 1.82) is 0 Å². The molecule has 8 heteroatoms. The van der Waals surface area contributed by atoms with Crippen LogP contribution >= 0.6 is 0 Å². The minimum absolute atomic E-state index is 0.0671. The van der Waals surface area contributed by atoms with Crippen molar-refractivity contribution in [2.45, 2.75) is 0 Å². The van der Waals surface area contributed by atoms with Crippen LogP contribution in [0, 0.1) is 10.1 Å². The van der Waals surface area contributed by atoms with Crippen molar-refractivity contribution >= 4 is 17.6 Å². The van der Waals surface area contributed by atoms with E-state index in [1.165, 1.54) is 24.3 Å². The van der Waals surface area contributed by atoms with Crippen LogP contribution in [0.5, 0.6) is 0 Å². The van der Waals surface area contributed by atoms with Crippen molar-refractivity contribution in [2.75, 3.05) is 0 Å². The zero-order valence-corrected chi connectivity index (χ0v) is 8.08. The zero-order valence-electron chi connectivity index (χ0n) is 8.08. The predicted molar refractivity (Wildman–Crippen MR) is 56.5 cm³/mol. The molecular weight excluding hydrogens is 214 g/mol. The van der Waals surface area contributed by atoms with Crippen LogP contribution in [-0.4, -0.2) is 16.8 Å². The summed E-state index contributed by atoms with van der Waals surface area (Å²) in [7, 11) is 0. The quantitative estimate of drug-likeness (QED) is 0.284. The minimum atomic E-state index is -0.867. The third kappa shape index (κ3) is 2.94. The summed E-state index contributed by atoms with van der Waals surface area (Å²) in [5.74, 6) is -0.0671. The monoisotopic (exact) mass is 223 g/mol. The van der Waals surface area contributed by atoms with E-state index >= 15 is 0 Å². The fourth-order valence-electron chi connectivity index (χ4n) is 0.959. The fourth-order valence-corrected chi connectivity index (χ4v) is 0.959. The Morgan fingerprint density at radius 1 is 1.44 bits per heavy atom. The Kier molecular flexibility index (Phi) is 3.38. The number of nitrogens with zero attached hydrogens (tertiary/aromatic N) is 2. The second-order valence-corrected chi connectivity index (χ2v) is 2.78. The van der Waals surface area contributed by atoms with Crippen molar-refractivity contribution in [2.24, 2.45) is 16.6 Å². The lowest BCUT2D eigenvalue weighted by atomic mass is 10.2. The maximum absolute atomic E-state index is 10.5. The minimum Gasteiger partial charge on any atom is -0.382 e. The first-order valence-corrected chi connectivity index (χ1v) is 4.14. The van der Waals surface area contributed by atoms with Gasteiger partial charge >= 0.3 is 6.03 Å². The number of carbonyl (C=O) groups excluding carboxylic acids is 1. The number of rotatable bonds is 3. The summed E-state index contributed by atoms with van der Waals surface area (Å²) < 4.78 is 0. The van der Waals surface area contributed by atoms with Gasteiger partial charge in [0.15, 0.2) is 5.84 Å². The van der Waals surface area contributed by atoms with Crippen LogP contribution in [0.1, 0.15) is 5.56 Å². The van der Waals surface area contributed by atoms with Gasteiger partial charge in [-0.2, -0.15) is 5.10 Å². The van der Waals surface area contributed by atoms with Gasteiger partial charge in [0.25, 0.3) is 5.69 Å². The highest BCUT2D eigenvalue weighted by Gasteiger charge is 2.07. The average Bonchev–Trinajstić information content (AvgIpc) is 2.26. The van der Waals surface area contributed by atoms with Crippen molar-refractivity contribution in [3.05, 3.63) is 39.9 Å². The van der Waals surface area contributed by atoms with E-state index in [9.17, 15) is 14.9 Å². The molecule has 0 aliphatic carbocycles. The number of carbonyl (C=O) groups is 1. The van der Waals surface area contributed by atoms with Crippen LogP contribution in [0.3, 0.4) is 0 Å². The summed E-state index contributed by atoms with van der Waals surface area (Å²) in [4.78, 5) is 20.3. The van der Waals surface area contributed by atoms with E-state index < -0.39 is 11.0 Å². The number of nitro benzene ring substituents is 1. The van der Waals surface area contributed by atoms with E-state index in [0.717, 1.165) is 0 Å². The normalized spacial score (nSPS) is 10.9. The summed E-state index contributed by atoms with van der Waals surface area (Å²) in [6.45, 7) is 0. The van der Waals surface area contributed by atoms with E-state index in [0.29, 0.717) is 5.56 Å². The van der Waals surface area contributed by atoms with Crippen LogP contribution in [0.4, 0.5) is 10.5 Å². The zero-order chi connectivity index (χ0) is 12.1. The average molecular weight is 223 g/mol. The molecule has 2 amide bonds. The molecule has 8 nitrogen and oxygen atoms in total. The molecule has 0 bridgehead atoms. The number of hydrazone groups is 1. The van der Waals surface area contributed by atoms with Gasteiger partial charge < -0.3 is 11.5 Å². The molecule has 1 aromatic carbocycles. The van der Waals surface area contributed by atoms with Gasteiger partial charge in [-0.05, 0) is 0 Å². The summed E-state index contributed by atoms with van der Waals surface area (Å²) in [5.41, 5.74) is 12.4. The molecule has 0 aliphatic rings. The van der Waals surface area contributed by atoms with Gasteiger partial charge in [-0.15, -0.1) is 0 Å². The Morgan fingerprint density at radius 3 is 2.69 bits per heavy atom. The third-order valence-corrected chi connectivity index (χ3v) is 1.64. The standard InChI is InChI=1S/C8H9N5O3/c9-7(11-12-8(10)14)5-2-1-3-6(4-5)13(15)16/h1-4H,(H2,9,11)(H3,10,12,14). The first-order valence-electron chi connectivity index (χ1n) is 4.14. The van der Waals surface area contributed by atoms with Crippen molar-refractivity contribution < 1.29 is 9.72 Å². The number of primary amides is 1. The molecule has 0 spiro atoms. The topological polar surface area (TPSA) is 137 Å². The first kappa shape index (κ1) is 11.4. The Balaban J connectivity index is 2.95. The molecule has 0 saturated heterocycles. The molecule has 0 unspecified atom stereocenters. The van der Waals surface area contributed by atoms with Gasteiger partial charge in [-0.3, -0.25) is 10.1 Å². The Labute approximate surface area is 90.1 Å². The number of nitrogens with two attached hydrogens (primary N) is 2. The highest BCUT2D eigenvalue weighted by molar-refractivity contribution is 5.98. The number of hydrogen-bond acceptors (Lipinski definition) is 4. The predicted octanol–water partition coefficient (Wildman–Crippen LogP) is -0.117. The molecule has 0 fully saturated rings. The lowest BCUT2D eigenvalue weighted by molar-refractivity contribution is -0.384. The van der Waals surface area contributed by atoms with Crippen LogP contribution < -0.4 is 16.9 Å². The molecule has 1 rings (SSSR count). The molecule has 0 atom stereocenters. The Morgan fingerprint density at radius 2 is 2.12 bits per heavy atom. The second-order valence-electron chi connectivity index (χ2n) is 2.78. The molecule has 0 heterocycles. The van der Waals surface area contributed by atoms with Gasteiger partial charge in [0.1, 0.15) is 0 Å². The number of nitrogens with one attached hydrogen (secondary N) is 1. The van der Waals surface area contributed by atoms with Gasteiger partial charge in [-0.25, -0.2) is 10.2 Å². The maximum atomic E-state index is 10.5.